The molecule has 1 fully saturated rings. The van der Waals surface area contributed by atoms with Crippen LogP contribution in [0.4, 0.5) is 0 Å². The van der Waals surface area contributed by atoms with E-state index in [-0.39, 0.29) is 5.91 Å². The van der Waals surface area contributed by atoms with Gasteiger partial charge in [-0.05, 0) is 37.1 Å². The van der Waals surface area contributed by atoms with Crippen LogP contribution in [0, 0.1) is 0 Å². The third-order valence-electron chi connectivity index (χ3n) is 5.99. The van der Waals surface area contributed by atoms with Gasteiger partial charge < -0.3 is 4.90 Å². The number of carbonyl (C=O) groups excluding carboxylic acids is 1. The number of benzene rings is 2. The predicted octanol–water partition coefficient (Wildman–Crippen LogP) is 6.13. The Kier molecular flexibility index (Phi) is 4.84. The highest BCUT2D eigenvalue weighted by atomic mass is 35.5. The molecule has 1 saturated carbocycles. The van der Waals surface area contributed by atoms with Crippen LogP contribution in [0.15, 0.2) is 48.5 Å². The Bertz CT molecular complexity index is 1070. The molecule has 148 valence electrons. The number of para-hydroxylation sites is 1. The Morgan fingerprint density at radius 1 is 0.931 bits per heavy atom. The first kappa shape index (κ1) is 18.7. The molecule has 4 nitrogen and oxygen atoms in total. The molecule has 1 aromatic heterocycles. The van der Waals surface area contributed by atoms with E-state index < -0.39 is 0 Å². The Morgan fingerprint density at radius 2 is 1.66 bits per heavy atom. The topological polar surface area (TPSA) is 38.1 Å². The molecule has 1 aliphatic carbocycles. The summed E-state index contributed by atoms with van der Waals surface area (Å²) in [7, 11) is 0. The molecule has 2 heterocycles. The van der Waals surface area contributed by atoms with Crippen LogP contribution in [0.5, 0.6) is 0 Å². The highest BCUT2D eigenvalue weighted by Gasteiger charge is 2.39. The molecule has 0 atom stereocenters. The van der Waals surface area contributed by atoms with Crippen LogP contribution in [-0.2, 0) is 6.54 Å². The van der Waals surface area contributed by atoms with Gasteiger partial charge in [-0.1, -0.05) is 66.7 Å². The maximum Gasteiger partial charge on any atom is 0.275 e. The second-order valence-electron chi connectivity index (χ2n) is 7.77. The third kappa shape index (κ3) is 3.24. The maximum absolute atomic E-state index is 13.3. The van der Waals surface area contributed by atoms with Crippen molar-refractivity contribution in [3.8, 4) is 16.9 Å². The fourth-order valence-corrected chi connectivity index (χ4v) is 4.88. The van der Waals surface area contributed by atoms with E-state index in [1.807, 2.05) is 58.1 Å². The summed E-state index contributed by atoms with van der Waals surface area (Å²) in [5, 5.41) is 6.03. The van der Waals surface area contributed by atoms with Gasteiger partial charge in [0.25, 0.3) is 5.91 Å². The van der Waals surface area contributed by atoms with Gasteiger partial charge in [-0.25, -0.2) is 4.68 Å². The van der Waals surface area contributed by atoms with E-state index in [4.69, 9.17) is 28.3 Å². The summed E-state index contributed by atoms with van der Waals surface area (Å²) in [6, 6.07) is 15.6. The zero-order chi connectivity index (χ0) is 20.0. The van der Waals surface area contributed by atoms with Crippen LogP contribution < -0.4 is 0 Å². The highest BCUT2D eigenvalue weighted by Crippen LogP contribution is 2.38. The van der Waals surface area contributed by atoms with E-state index in [2.05, 4.69) is 0 Å². The smallest absolute Gasteiger partial charge is 0.275 e. The van der Waals surface area contributed by atoms with Crippen LogP contribution in [0.25, 0.3) is 16.9 Å². The van der Waals surface area contributed by atoms with Crippen molar-refractivity contribution in [2.45, 2.75) is 44.7 Å². The number of hydrogen-bond donors (Lipinski definition) is 0. The van der Waals surface area contributed by atoms with E-state index in [1.165, 1.54) is 19.3 Å². The first-order chi connectivity index (χ1) is 14.1. The van der Waals surface area contributed by atoms with Crippen molar-refractivity contribution in [3.63, 3.8) is 0 Å². The molecule has 3 aromatic rings. The van der Waals surface area contributed by atoms with Gasteiger partial charge >= 0.3 is 0 Å². The van der Waals surface area contributed by atoms with Crippen molar-refractivity contribution >= 4 is 29.1 Å². The van der Waals surface area contributed by atoms with Crippen LogP contribution in [0.1, 0.15) is 48.2 Å². The first-order valence-electron chi connectivity index (χ1n) is 10.1. The van der Waals surface area contributed by atoms with E-state index >= 15 is 0 Å². The SMILES string of the molecule is O=C1c2nn(-c3ccccc3Cl)c(-c3ccc(Cl)cc3)c2CN1C1CCCCC1. The summed E-state index contributed by atoms with van der Waals surface area (Å²) in [4.78, 5) is 15.3. The van der Waals surface area contributed by atoms with Gasteiger partial charge in [0.2, 0.25) is 0 Å². The van der Waals surface area contributed by atoms with Gasteiger partial charge in [0, 0.05) is 22.2 Å². The minimum absolute atomic E-state index is 0.0351. The summed E-state index contributed by atoms with van der Waals surface area (Å²) in [6.45, 7) is 0.598. The standard InChI is InChI=1S/C23H21Cl2N3O/c24-16-12-10-15(11-13-16)22-18-14-27(17-6-2-1-3-7-17)23(29)21(18)26-28(22)20-9-5-4-8-19(20)25/h4-5,8-13,17H,1-3,6-7,14H2. The van der Waals surface area contributed by atoms with Crippen molar-refractivity contribution < 1.29 is 4.79 Å². The predicted molar refractivity (Wildman–Crippen MR) is 116 cm³/mol. The van der Waals surface area contributed by atoms with Gasteiger partial charge in [-0.2, -0.15) is 5.10 Å². The van der Waals surface area contributed by atoms with Crippen LogP contribution in [0.2, 0.25) is 10.0 Å². The van der Waals surface area contributed by atoms with Crippen LogP contribution >= 0.6 is 23.2 Å². The number of amides is 1. The molecule has 6 heteroatoms. The van der Waals surface area contributed by atoms with Crippen LogP contribution in [0.3, 0.4) is 0 Å². The molecule has 2 aromatic carbocycles. The monoisotopic (exact) mass is 425 g/mol. The molecular formula is C23H21Cl2N3O. The average molecular weight is 426 g/mol. The van der Waals surface area contributed by atoms with Crippen LogP contribution in [-0.4, -0.2) is 26.6 Å². The molecule has 0 bridgehead atoms. The largest absolute Gasteiger partial charge is 0.330 e. The fraction of sp³-hybridized carbons (Fsp3) is 0.304. The Morgan fingerprint density at radius 3 is 2.38 bits per heavy atom. The lowest BCUT2D eigenvalue weighted by atomic mass is 9.94. The van der Waals surface area contributed by atoms with Crippen molar-refractivity contribution in [1.82, 2.24) is 14.7 Å². The van der Waals surface area contributed by atoms with Crippen molar-refractivity contribution in [1.29, 1.82) is 0 Å². The summed E-state index contributed by atoms with van der Waals surface area (Å²) >= 11 is 12.6. The normalized spacial score (nSPS) is 17.0. The van der Waals surface area contributed by atoms with Crippen molar-refractivity contribution in [2.24, 2.45) is 0 Å². The van der Waals surface area contributed by atoms with E-state index in [0.29, 0.717) is 28.3 Å². The van der Waals surface area contributed by atoms with Gasteiger partial charge in [0.05, 0.1) is 22.9 Å². The van der Waals surface area contributed by atoms with E-state index in [9.17, 15) is 4.79 Å². The number of rotatable bonds is 3. The number of nitrogens with zero attached hydrogens (tertiary/aromatic N) is 3. The molecule has 2 aliphatic rings. The van der Waals surface area contributed by atoms with Gasteiger partial charge in [-0.15, -0.1) is 0 Å². The average Bonchev–Trinajstić information content (AvgIpc) is 3.26. The second kappa shape index (κ2) is 7.51. The molecule has 5 rings (SSSR count). The number of halogens is 2. The fourth-order valence-electron chi connectivity index (χ4n) is 4.54. The van der Waals surface area contributed by atoms with E-state index in [0.717, 1.165) is 35.3 Å². The summed E-state index contributed by atoms with van der Waals surface area (Å²) < 4.78 is 1.81. The minimum atomic E-state index is 0.0351. The minimum Gasteiger partial charge on any atom is -0.330 e. The molecule has 1 amide bonds. The molecule has 0 N–H and O–H groups in total. The van der Waals surface area contributed by atoms with Crippen molar-refractivity contribution in [3.05, 3.63) is 69.8 Å². The number of aromatic nitrogens is 2. The Hall–Kier alpha value is -2.30. The van der Waals surface area contributed by atoms with E-state index in [1.54, 1.807) is 0 Å². The number of fused-ring (bicyclic) bond motifs is 1. The molecule has 0 saturated heterocycles. The Balaban J connectivity index is 1.64. The molecule has 0 spiro atoms. The molecule has 1 aliphatic heterocycles. The first-order valence-corrected chi connectivity index (χ1v) is 10.8. The second-order valence-corrected chi connectivity index (χ2v) is 8.61. The summed E-state index contributed by atoms with van der Waals surface area (Å²) in [6.07, 6.45) is 5.80. The quantitative estimate of drug-likeness (QED) is 0.505. The van der Waals surface area contributed by atoms with Gasteiger partial charge in [-0.3, -0.25) is 4.79 Å². The lowest BCUT2D eigenvalue weighted by Gasteiger charge is -2.31. The summed E-state index contributed by atoms with van der Waals surface area (Å²) in [5.41, 5.74) is 4.17. The molecule has 0 unspecified atom stereocenters. The van der Waals surface area contributed by atoms with Crippen molar-refractivity contribution in [2.75, 3.05) is 0 Å². The molecule has 29 heavy (non-hydrogen) atoms. The lowest BCUT2D eigenvalue weighted by molar-refractivity contribution is 0.0653. The number of hydrogen-bond acceptors (Lipinski definition) is 2. The zero-order valence-electron chi connectivity index (χ0n) is 15.9. The molecular weight excluding hydrogens is 405 g/mol. The third-order valence-corrected chi connectivity index (χ3v) is 6.56. The summed E-state index contributed by atoms with van der Waals surface area (Å²) in [5.74, 6) is 0.0351. The highest BCUT2D eigenvalue weighted by molar-refractivity contribution is 6.32. The lowest BCUT2D eigenvalue weighted by Crippen LogP contribution is -2.37. The van der Waals surface area contributed by atoms with Gasteiger partial charge in [0.15, 0.2) is 5.69 Å². The Labute approximate surface area is 180 Å². The maximum atomic E-state index is 13.3. The van der Waals surface area contributed by atoms with Gasteiger partial charge in [0.1, 0.15) is 0 Å². The molecule has 0 radical (unpaired) electrons. The number of carbonyl (C=O) groups is 1. The zero-order valence-corrected chi connectivity index (χ0v) is 17.5.